The van der Waals surface area contributed by atoms with Crippen LogP contribution in [0.5, 0.6) is 0 Å². The van der Waals surface area contributed by atoms with Gasteiger partial charge in [0, 0.05) is 11.1 Å². The molecule has 5 heteroatoms. The zero-order chi connectivity index (χ0) is 14.4. The summed E-state index contributed by atoms with van der Waals surface area (Å²) in [6.45, 7) is 2.00. The van der Waals surface area contributed by atoms with Crippen molar-refractivity contribution in [2.24, 2.45) is 5.10 Å². The molecule has 2 aromatic rings. The maximum absolute atomic E-state index is 12.5. The van der Waals surface area contributed by atoms with E-state index in [2.05, 4.69) is 15.8 Å². The smallest absolute Gasteiger partial charge is 0.267 e. The van der Waals surface area contributed by atoms with Gasteiger partial charge in [-0.15, -0.1) is 0 Å². The van der Waals surface area contributed by atoms with Gasteiger partial charge in [-0.05, 0) is 12.5 Å². The van der Waals surface area contributed by atoms with Crippen molar-refractivity contribution >= 4 is 28.4 Å². The van der Waals surface area contributed by atoms with Gasteiger partial charge in [-0.25, -0.2) is 0 Å². The van der Waals surface area contributed by atoms with Gasteiger partial charge in [-0.1, -0.05) is 60.3 Å². The van der Waals surface area contributed by atoms with E-state index >= 15 is 0 Å². The molecular formula is C16H13N3OS. The van der Waals surface area contributed by atoms with Gasteiger partial charge < -0.3 is 5.32 Å². The van der Waals surface area contributed by atoms with Crippen LogP contribution in [0.1, 0.15) is 16.7 Å². The molecule has 0 saturated carbocycles. The van der Waals surface area contributed by atoms with Crippen LogP contribution in [0.15, 0.2) is 53.6 Å². The first kappa shape index (κ1) is 12.5. The van der Waals surface area contributed by atoms with Crippen LogP contribution in [0.2, 0.25) is 0 Å². The van der Waals surface area contributed by atoms with Gasteiger partial charge in [-0.3, -0.25) is 10.2 Å². The maximum Gasteiger partial charge on any atom is 0.267 e. The van der Waals surface area contributed by atoms with Gasteiger partial charge in [0.05, 0.1) is 5.69 Å². The van der Waals surface area contributed by atoms with Gasteiger partial charge in [0.2, 0.25) is 4.87 Å². The molecule has 2 heterocycles. The minimum atomic E-state index is -0.841. The van der Waals surface area contributed by atoms with Crippen molar-refractivity contribution < 1.29 is 4.79 Å². The van der Waals surface area contributed by atoms with Crippen LogP contribution in [0, 0.1) is 6.92 Å². The van der Waals surface area contributed by atoms with E-state index in [0.717, 1.165) is 27.4 Å². The minimum Gasteiger partial charge on any atom is -0.322 e. The summed E-state index contributed by atoms with van der Waals surface area (Å²) in [5.41, 5.74) is 6.98. The number of anilines is 1. The van der Waals surface area contributed by atoms with Gasteiger partial charge in [0.15, 0.2) is 0 Å². The number of amides is 1. The number of hydrogen-bond donors (Lipinski definition) is 2. The van der Waals surface area contributed by atoms with Crippen LogP contribution < -0.4 is 10.7 Å². The minimum absolute atomic E-state index is 0.0634. The second kappa shape index (κ2) is 4.36. The molecule has 2 N–H and O–H groups in total. The van der Waals surface area contributed by atoms with Crippen LogP contribution in [-0.4, -0.2) is 11.0 Å². The van der Waals surface area contributed by atoms with Crippen molar-refractivity contribution in [3.8, 4) is 0 Å². The summed E-state index contributed by atoms with van der Waals surface area (Å²) < 4.78 is 0. The fourth-order valence-corrected chi connectivity index (χ4v) is 3.84. The molecule has 1 spiro atoms. The number of fused-ring (bicyclic) bond motifs is 2. The van der Waals surface area contributed by atoms with Gasteiger partial charge in [-0.2, -0.15) is 5.10 Å². The Labute approximate surface area is 126 Å². The van der Waals surface area contributed by atoms with Crippen LogP contribution in [-0.2, 0) is 9.67 Å². The number of hydrazone groups is 1. The number of thioether (sulfide) groups is 1. The summed E-state index contributed by atoms with van der Waals surface area (Å²) in [4.78, 5) is 11.7. The topological polar surface area (TPSA) is 53.5 Å². The van der Waals surface area contributed by atoms with Crippen molar-refractivity contribution in [3.63, 3.8) is 0 Å². The Balaban J connectivity index is 1.76. The van der Waals surface area contributed by atoms with Crippen LogP contribution in [0.25, 0.3) is 0 Å². The third-order valence-electron chi connectivity index (χ3n) is 3.80. The molecule has 21 heavy (non-hydrogen) atoms. The normalized spacial score (nSPS) is 22.7. The molecule has 1 atom stereocenters. The van der Waals surface area contributed by atoms with E-state index in [1.54, 1.807) is 0 Å². The Bertz CT molecular complexity index is 772. The molecule has 0 aromatic heterocycles. The summed E-state index contributed by atoms with van der Waals surface area (Å²) in [5.74, 6) is -0.0634. The average Bonchev–Trinajstić information content (AvgIpc) is 3.07. The molecule has 0 radical (unpaired) electrons. The second-order valence-electron chi connectivity index (χ2n) is 5.13. The molecule has 0 aliphatic carbocycles. The summed E-state index contributed by atoms with van der Waals surface area (Å²) in [6.07, 6.45) is 0. The zero-order valence-corrected chi connectivity index (χ0v) is 12.2. The van der Waals surface area contributed by atoms with Crippen LogP contribution >= 0.6 is 11.8 Å². The van der Waals surface area contributed by atoms with E-state index in [-0.39, 0.29) is 5.91 Å². The Morgan fingerprint density at radius 2 is 1.90 bits per heavy atom. The van der Waals surface area contributed by atoms with Crippen LogP contribution in [0.3, 0.4) is 0 Å². The number of para-hydroxylation sites is 1. The number of aryl methyl sites for hydroxylation is 1. The molecule has 0 fully saturated rings. The Morgan fingerprint density at radius 1 is 1.10 bits per heavy atom. The summed E-state index contributed by atoms with van der Waals surface area (Å²) in [5, 5.41) is 8.20. The lowest BCUT2D eigenvalue weighted by atomic mass is 10.1. The van der Waals surface area contributed by atoms with Crippen molar-refractivity contribution in [1.82, 2.24) is 5.43 Å². The average molecular weight is 295 g/mol. The van der Waals surface area contributed by atoms with E-state index in [4.69, 9.17) is 0 Å². The predicted octanol–water partition coefficient (Wildman–Crippen LogP) is 2.80. The molecule has 1 unspecified atom stereocenters. The van der Waals surface area contributed by atoms with E-state index < -0.39 is 4.87 Å². The van der Waals surface area contributed by atoms with Crippen LogP contribution in [0.4, 0.5) is 5.69 Å². The number of nitrogens with zero attached hydrogens (tertiary/aromatic N) is 1. The summed E-state index contributed by atoms with van der Waals surface area (Å²) in [6, 6.07) is 15.8. The first-order valence-corrected chi connectivity index (χ1v) is 7.53. The second-order valence-corrected chi connectivity index (χ2v) is 6.33. The number of benzene rings is 2. The fraction of sp³-hybridized carbons (Fsp3) is 0.125. The third kappa shape index (κ3) is 1.70. The highest BCUT2D eigenvalue weighted by molar-refractivity contribution is 8.16. The largest absolute Gasteiger partial charge is 0.322 e. The summed E-state index contributed by atoms with van der Waals surface area (Å²) >= 11 is 1.46. The van der Waals surface area contributed by atoms with E-state index in [0.29, 0.717) is 0 Å². The lowest BCUT2D eigenvalue weighted by Gasteiger charge is -2.19. The lowest BCUT2D eigenvalue weighted by molar-refractivity contribution is -0.118. The quantitative estimate of drug-likeness (QED) is 0.850. The summed E-state index contributed by atoms with van der Waals surface area (Å²) in [7, 11) is 0. The molecule has 4 rings (SSSR count). The van der Waals surface area contributed by atoms with Crippen molar-refractivity contribution in [1.29, 1.82) is 0 Å². The predicted molar refractivity (Wildman–Crippen MR) is 85.2 cm³/mol. The highest BCUT2D eigenvalue weighted by Gasteiger charge is 2.52. The molecule has 2 aromatic carbocycles. The third-order valence-corrected chi connectivity index (χ3v) is 5.12. The van der Waals surface area contributed by atoms with Crippen molar-refractivity contribution in [2.75, 3.05) is 5.32 Å². The number of carbonyl (C=O) groups excluding carboxylic acids is 1. The number of carbonyl (C=O) groups is 1. The monoisotopic (exact) mass is 295 g/mol. The zero-order valence-electron chi connectivity index (χ0n) is 11.4. The molecule has 104 valence electrons. The van der Waals surface area contributed by atoms with E-state index in [9.17, 15) is 4.79 Å². The maximum atomic E-state index is 12.5. The molecule has 2 aliphatic heterocycles. The SMILES string of the molecule is Cc1cccc2c1NC(=O)C21NN=C(c2ccccc2)S1. The number of nitrogens with one attached hydrogen (secondary N) is 2. The molecule has 2 aliphatic rings. The standard InChI is InChI=1S/C16H13N3OS/c1-10-6-5-9-12-13(10)17-15(20)16(12)19-18-14(21-16)11-7-3-2-4-8-11/h2-9,19H,1H3,(H,17,20). The molecule has 0 bridgehead atoms. The Hall–Kier alpha value is -2.27. The molecular weight excluding hydrogens is 282 g/mol. The van der Waals surface area contributed by atoms with Crippen molar-refractivity contribution in [2.45, 2.75) is 11.8 Å². The van der Waals surface area contributed by atoms with Gasteiger partial charge >= 0.3 is 0 Å². The highest BCUT2D eigenvalue weighted by Crippen LogP contribution is 2.48. The van der Waals surface area contributed by atoms with E-state index in [1.807, 2.05) is 55.5 Å². The number of hydrogen-bond acceptors (Lipinski definition) is 4. The lowest BCUT2D eigenvalue weighted by Crippen LogP contribution is -2.39. The first-order valence-electron chi connectivity index (χ1n) is 6.71. The first-order chi connectivity index (χ1) is 10.2. The Morgan fingerprint density at radius 3 is 2.71 bits per heavy atom. The van der Waals surface area contributed by atoms with Gasteiger partial charge in [0.1, 0.15) is 5.04 Å². The molecule has 0 saturated heterocycles. The highest BCUT2D eigenvalue weighted by atomic mass is 32.2. The van der Waals surface area contributed by atoms with Gasteiger partial charge in [0.25, 0.3) is 5.91 Å². The molecule has 4 nitrogen and oxygen atoms in total. The fourth-order valence-electron chi connectivity index (χ4n) is 2.69. The van der Waals surface area contributed by atoms with E-state index in [1.165, 1.54) is 11.8 Å². The molecule has 1 amide bonds. The van der Waals surface area contributed by atoms with Crippen molar-refractivity contribution in [3.05, 3.63) is 65.2 Å². The number of rotatable bonds is 1. The Kier molecular flexibility index (Phi) is 2.59.